The lowest BCUT2D eigenvalue weighted by molar-refractivity contribution is -0.127. The Morgan fingerprint density at radius 1 is 1.21 bits per heavy atom. The van der Waals surface area contributed by atoms with Crippen LogP contribution in [0.25, 0.3) is 11.0 Å². The van der Waals surface area contributed by atoms with Crippen LogP contribution in [0.2, 0.25) is 0 Å². The normalized spacial score (nSPS) is 16.6. The highest BCUT2D eigenvalue weighted by atomic mass is 35.5. The Balaban J connectivity index is 0.00000306. The standard InChI is InChI=1S/C27H33N3O2.ClH/c1-4-15-29-19-22(18-26(29)31)27-28-24-9-6-7-10-25(24)30(27)16-8-17-32-23-13-11-21(12-14-23)20(3)5-2;/h4,6-7,9-14,20,22H,1,5,8,15-19H2,2-3H3;1H/p-1. The van der Waals surface area contributed by atoms with Gasteiger partial charge in [0.2, 0.25) is 5.91 Å². The van der Waals surface area contributed by atoms with Gasteiger partial charge in [-0.1, -0.05) is 44.2 Å². The number of aryl methyl sites for hydroxylation is 1. The van der Waals surface area contributed by atoms with Crippen LogP contribution in [0.15, 0.2) is 61.2 Å². The number of carbonyl (C=O) groups is 1. The van der Waals surface area contributed by atoms with Gasteiger partial charge in [0.25, 0.3) is 0 Å². The summed E-state index contributed by atoms with van der Waals surface area (Å²) in [5.41, 5.74) is 3.46. The minimum atomic E-state index is 0. The Hall–Kier alpha value is -2.79. The molecule has 1 aliphatic rings. The second-order valence-corrected chi connectivity index (χ2v) is 8.68. The Kier molecular flexibility index (Phi) is 8.56. The van der Waals surface area contributed by atoms with E-state index in [0.717, 1.165) is 42.0 Å². The number of aromatic nitrogens is 2. The first-order valence-electron chi connectivity index (χ1n) is 11.7. The van der Waals surface area contributed by atoms with Crippen molar-refractivity contribution in [1.82, 2.24) is 14.5 Å². The maximum Gasteiger partial charge on any atom is 0.223 e. The molecule has 5 nitrogen and oxygen atoms in total. The number of nitrogens with zero attached hydrogens (tertiary/aromatic N) is 3. The molecule has 0 radical (unpaired) electrons. The van der Waals surface area contributed by atoms with Crippen molar-refractivity contribution in [1.29, 1.82) is 0 Å². The fourth-order valence-corrected chi connectivity index (χ4v) is 4.46. The van der Waals surface area contributed by atoms with Crippen molar-refractivity contribution in [3.63, 3.8) is 0 Å². The highest BCUT2D eigenvalue weighted by molar-refractivity contribution is 5.81. The number of halogens is 1. The van der Waals surface area contributed by atoms with E-state index >= 15 is 0 Å². The molecule has 0 bridgehead atoms. The van der Waals surface area contributed by atoms with E-state index in [9.17, 15) is 4.79 Å². The van der Waals surface area contributed by atoms with Crippen molar-refractivity contribution in [3.8, 4) is 5.75 Å². The van der Waals surface area contributed by atoms with Gasteiger partial charge >= 0.3 is 0 Å². The van der Waals surface area contributed by atoms with Crippen molar-refractivity contribution in [3.05, 3.63) is 72.6 Å². The highest BCUT2D eigenvalue weighted by Gasteiger charge is 2.33. The van der Waals surface area contributed by atoms with Gasteiger partial charge in [-0.3, -0.25) is 4.79 Å². The third-order valence-corrected chi connectivity index (χ3v) is 6.47. The second-order valence-electron chi connectivity index (χ2n) is 8.68. The summed E-state index contributed by atoms with van der Waals surface area (Å²) >= 11 is 0. The number of imidazole rings is 1. The number of hydrogen-bond donors (Lipinski definition) is 0. The van der Waals surface area contributed by atoms with Gasteiger partial charge in [0.1, 0.15) is 11.6 Å². The summed E-state index contributed by atoms with van der Waals surface area (Å²) in [6, 6.07) is 16.7. The van der Waals surface area contributed by atoms with E-state index in [-0.39, 0.29) is 24.2 Å². The van der Waals surface area contributed by atoms with Crippen LogP contribution >= 0.6 is 0 Å². The zero-order chi connectivity index (χ0) is 22.5. The van der Waals surface area contributed by atoms with Gasteiger partial charge in [0.05, 0.1) is 17.6 Å². The fraction of sp³-hybridized carbons (Fsp3) is 0.407. The summed E-state index contributed by atoms with van der Waals surface area (Å²) in [5.74, 6) is 2.78. The summed E-state index contributed by atoms with van der Waals surface area (Å²) in [5, 5.41) is 0. The van der Waals surface area contributed by atoms with Gasteiger partial charge in [0, 0.05) is 32.0 Å². The Bertz CT molecular complexity index is 1080. The predicted octanol–water partition coefficient (Wildman–Crippen LogP) is 2.52. The zero-order valence-electron chi connectivity index (χ0n) is 19.5. The second kappa shape index (κ2) is 11.4. The molecule has 2 atom stereocenters. The number of amides is 1. The quantitative estimate of drug-likeness (QED) is 0.341. The molecule has 4 rings (SSSR count). The Morgan fingerprint density at radius 2 is 1.97 bits per heavy atom. The molecule has 2 heterocycles. The van der Waals surface area contributed by atoms with Crippen LogP contribution < -0.4 is 17.1 Å². The number of fused-ring (bicyclic) bond motifs is 1. The maximum atomic E-state index is 12.4. The molecular weight excluding hydrogens is 434 g/mol. The van der Waals surface area contributed by atoms with E-state index < -0.39 is 0 Å². The minimum absolute atomic E-state index is 0. The monoisotopic (exact) mass is 466 g/mol. The Labute approximate surface area is 202 Å². The molecule has 1 amide bonds. The summed E-state index contributed by atoms with van der Waals surface area (Å²) in [6.45, 7) is 11.0. The van der Waals surface area contributed by atoms with E-state index in [1.807, 2.05) is 23.1 Å². The van der Waals surface area contributed by atoms with Gasteiger partial charge in [-0.05, 0) is 48.6 Å². The van der Waals surface area contributed by atoms with Crippen LogP contribution in [0.5, 0.6) is 5.75 Å². The van der Waals surface area contributed by atoms with Crippen molar-refractivity contribution in [2.24, 2.45) is 0 Å². The fourth-order valence-electron chi connectivity index (χ4n) is 4.46. The van der Waals surface area contributed by atoms with E-state index in [1.54, 1.807) is 6.08 Å². The molecule has 0 aliphatic carbocycles. The molecule has 2 unspecified atom stereocenters. The van der Waals surface area contributed by atoms with Crippen molar-refractivity contribution >= 4 is 16.9 Å². The maximum absolute atomic E-state index is 12.4. The number of hydrogen-bond acceptors (Lipinski definition) is 3. The van der Waals surface area contributed by atoms with E-state index in [0.29, 0.717) is 32.0 Å². The average molecular weight is 467 g/mol. The molecule has 1 aliphatic heterocycles. The van der Waals surface area contributed by atoms with Crippen molar-refractivity contribution in [2.45, 2.75) is 51.5 Å². The molecule has 3 aromatic rings. The predicted molar refractivity (Wildman–Crippen MR) is 129 cm³/mol. The van der Waals surface area contributed by atoms with Gasteiger partial charge in [0.15, 0.2) is 0 Å². The summed E-state index contributed by atoms with van der Waals surface area (Å²) in [6.07, 6.45) is 4.31. The molecule has 6 heteroatoms. The first-order chi connectivity index (χ1) is 15.6. The summed E-state index contributed by atoms with van der Waals surface area (Å²) in [7, 11) is 0. The van der Waals surface area contributed by atoms with Crippen molar-refractivity contribution < 1.29 is 21.9 Å². The Morgan fingerprint density at radius 3 is 2.70 bits per heavy atom. The van der Waals surface area contributed by atoms with Gasteiger partial charge in [-0.25, -0.2) is 4.98 Å². The number of para-hydroxylation sites is 2. The smallest absolute Gasteiger partial charge is 0.223 e. The summed E-state index contributed by atoms with van der Waals surface area (Å²) in [4.78, 5) is 19.2. The molecule has 0 N–H and O–H groups in total. The zero-order valence-corrected chi connectivity index (χ0v) is 20.3. The van der Waals surface area contributed by atoms with Gasteiger partial charge in [-0.15, -0.1) is 6.58 Å². The van der Waals surface area contributed by atoms with Crippen molar-refractivity contribution in [2.75, 3.05) is 19.7 Å². The van der Waals surface area contributed by atoms with Crippen LogP contribution in [-0.4, -0.2) is 40.1 Å². The number of likely N-dealkylation sites (tertiary alicyclic amines) is 1. The van der Waals surface area contributed by atoms with Gasteiger partial charge in [-0.2, -0.15) is 0 Å². The molecule has 1 saturated heterocycles. The number of benzene rings is 2. The molecule has 1 aromatic heterocycles. The van der Waals surface area contributed by atoms with Gasteiger partial charge < -0.3 is 26.6 Å². The lowest BCUT2D eigenvalue weighted by Crippen LogP contribution is -3.00. The first-order valence-corrected chi connectivity index (χ1v) is 11.7. The lowest BCUT2D eigenvalue weighted by Gasteiger charge is -2.16. The van der Waals surface area contributed by atoms with Crippen LogP contribution in [-0.2, 0) is 11.3 Å². The third-order valence-electron chi connectivity index (χ3n) is 6.47. The molecular formula is C27H33ClN3O2-. The number of ether oxygens (including phenoxy) is 1. The van der Waals surface area contributed by atoms with Crippen LogP contribution in [0.3, 0.4) is 0 Å². The molecule has 1 fully saturated rings. The molecule has 176 valence electrons. The minimum Gasteiger partial charge on any atom is -1.00 e. The molecule has 0 saturated carbocycles. The summed E-state index contributed by atoms with van der Waals surface area (Å²) < 4.78 is 8.29. The van der Waals surface area contributed by atoms with E-state index in [1.165, 1.54) is 5.56 Å². The van der Waals surface area contributed by atoms with E-state index in [2.05, 4.69) is 55.3 Å². The van der Waals surface area contributed by atoms with Crippen LogP contribution in [0.1, 0.15) is 56.3 Å². The van der Waals surface area contributed by atoms with Crippen LogP contribution in [0.4, 0.5) is 0 Å². The lowest BCUT2D eigenvalue weighted by atomic mass is 9.99. The average Bonchev–Trinajstić information content (AvgIpc) is 3.37. The van der Waals surface area contributed by atoms with E-state index in [4.69, 9.17) is 9.72 Å². The first kappa shape index (κ1) is 24.8. The molecule has 33 heavy (non-hydrogen) atoms. The third kappa shape index (κ3) is 5.59. The number of carbonyl (C=O) groups excluding carboxylic acids is 1. The highest BCUT2D eigenvalue weighted by Crippen LogP contribution is 2.30. The topological polar surface area (TPSA) is 47.4 Å². The molecule has 0 spiro atoms. The molecule has 2 aromatic carbocycles. The SMILES string of the molecule is C=CCN1CC(c2nc3ccccc3n2CCCOc2ccc(C(C)CC)cc2)CC1=O.[Cl-]. The largest absolute Gasteiger partial charge is 1.00 e. The number of rotatable bonds is 10. The van der Waals surface area contributed by atoms with Crippen LogP contribution in [0, 0.1) is 0 Å².